The molecule has 1 saturated carbocycles. The molecule has 2 aliphatic heterocycles. The van der Waals surface area contributed by atoms with E-state index in [2.05, 4.69) is 30.3 Å². The van der Waals surface area contributed by atoms with Gasteiger partial charge in [0.25, 0.3) is 0 Å². The van der Waals surface area contributed by atoms with Gasteiger partial charge >= 0.3 is 6.09 Å². The first kappa shape index (κ1) is 14.5. The standard InChI is InChI=1S/C20H23NO3/c22-20-21(17(12-24-20)6-13-4-2-1-3-5-13)19-9-18-15-7-14(19)8-16(18)11-23-10-15/h1-5,9,14-18H,6-8,10-12H2/t14?,15-,16+,17-,18?/m1/s1. The maximum absolute atomic E-state index is 12.4. The Morgan fingerprint density at radius 1 is 1.04 bits per heavy atom. The van der Waals surface area contributed by atoms with E-state index in [9.17, 15) is 4.79 Å². The van der Waals surface area contributed by atoms with Gasteiger partial charge in [-0.1, -0.05) is 36.4 Å². The maximum atomic E-state index is 12.4. The second kappa shape index (κ2) is 5.62. The Hall–Kier alpha value is -1.81. The van der Waals surface area contributed by atoms with E-state index in [1.165, 1.54) is 11.3 Å². The molecule has 2 unspecified atom stereocenters. The molecule has 6 rings (SSSR count). The number of allylic oxidation sites excluding steroid dienone is 2. The zero-order valence-corrected chi connectivity index (χ0v) is 13.8. The fourth-order valence-electron chi connectivity index (χ4n) is 5.19. The van der Waals surface area contributed by atoms with Gasteiger partial charge in [-0.15, -0.1) is 0 Å². The first-order valence-electron chi connectivity index (χ1n) is 9.09. The quantitative estimate of drug-likeness (QED) is 0.856. The number of nitrogens with zero attached hydrogens (tertiary/aromatic N) is 1. The Kier molecular flexibility index (Phi) is 3.40. The fourth-order valence-corrected chi connectivity index (χ4v) is 5.19. The molecule has 5 aliphatic rings. The molecule has 0 spiro atoms. The normalized spacial score (nSPS) is 37.3. The van der Waals surface area contributed by atoms with Crippen LogP contribution in [0.3, 0.4) is 0 Å². The number of amides is 1. The summed E-state index contributed by atoms with van der Waals surface area (Å²) in [5, 5.41) is 0. The zero-order valence-electron chi connectivity index (χ0n) is 13.8. The molecule has 0 aromatic heterocycles. The molecule has 1 aromatic rings. The molecule has 4 bridgehead atoms. The van der Waals surface area contributed by atoms with Crippen molar-refractivity contribution in [3.05, 3.63) is 47.7 Å². The summed E-state index contributed by atoms with van der Waals surface area (Å²) in [5.74, 6) is 2.39. The average molecular weight is 325 g/mol. The molecule has 3 fully saturated rings. The molecule has 4 nitrogen and oxygen atoms in total. The smallest absolute Gasteiger partial charge is 0.414 e. The Morgan fingerprint density at radius 2 is 1.79 bits per heavy atom. The molecule has 1 amide bonds. The van der Waals surface area contributed by atoms with E-state index in [0.29, 0.717) is 30.3 Å². The van der Waals surface area contributed by atoms with Gasteiger partial charge in [-0.25, -0.2) is 4.79 Å². The van der Waals surface area contributed by atoms with Crippen molar-refractivity contribution < 1.29 is 14.3 Å². The summed E-state index contributed by atoms with van der Waals surface area (Å²) in [4.78, 5) is 14.4. The SMILES string of the molecule is O=C1OC[C@@H](Cc2ccccc2)N1C1=CC2[C@@H]3COC[C@H]2CC1C3. The van der Waals surface area contributed by atoms with Crippen molar-refractivity contribution >= 4 is 6.09 Å². The molecule has 0 radical (unpaired) electrons. The van der Waals surface area contributed by atoms with Gasteiger partial charge in [-0.2, -0.15) is 0 Å². The van der Waals surface area contributed by atoms with Gasteiger partial charge in [-0.05, 0) is 48.5 Å². The first-order chi connectivity index (χ1) is 11.8. The van der Waals surface area contributed by atoms with Crippen LogP contribution in [0.2, 0.25) is 0 Å². The predicted octanol–water partition coefficient (Wildman–Crippen LogP) is 3.24. The van der Waals surface area contributed by atoms with Crippen LogP contribution >= 0.6 is 0 Å². The molecule has 3 aliphatic carbocycles. The van der Waals surface area contributed by atoms with Crippen LogP contribution in [0.15, 0.2) is 42.1 Å². The molecule has 2 saturated heterocycles. The average Bonchev–Trinajstić information content (AvgIpc) is 2.95. The molecule has 1 aromatic carbocycles. The molecule has 24 heavy (non-hydrogen) atoms. The Labute approximate surface area is 142 Å². The lowest BCUT2D eigenvalue weighted by Crippen LogP contribution is -2.49. The number of cyclic esters (lactones) is 1. The van der Waals surface area contributed by atoms with Crippen molar-refractivity contribution in [1.82, 2.24) is 4.90 Å². The van der Waals surface area contributed by atoms with Crippen LogP contribution in [0.5, 0.6) is 0 Å². The lowest BCUT2D eigenvalue weighted by Gasteiger charge is -2.50. The highest BCUT2D eigenvalue weighted by Gasteiger charge is 2.49. The van der Waals surface area contributed by atoms with Crippen molar-refractivity contribution in [1.29, 1.82) is 0 Å². The van der Waals surface area contributed by atoms with Crippen molar-refractivity contribution in [2.45, 2.75) is 25.3 Å². The van der Waals surface area contributed by atoms with Crippen LogP contribution in [0.25, 0.3) is 0 Å². The zero-order chi connectivity index (χ0) is 16.1. The Bertz CT molecular complexity index is 657. The Balaban J connectivity index is 1.42. The van der Waals surface area contributed by atoms with E-state index >= 15 is 0 Å². The number of benzene rings is 1. The van der Waals surface area contributed by atoms with Crippen LogP contribution in [0.1, 0.15) is 18.4 Å². The highest BCUT2D eigenvalue weighted by molar-refractivity contribution is 5.73. The summed E-state index contributed by atoms with van der Waals surface area (Å²) in [6.07, 6.45) is 5.41. The minimum atomic E-state index is -0.156. The summed E-state index contributed by atoms with van der Waals surface area (Å²) in [6, 6.07) is 10.5. The number of hydrogen-bond acceptors (Lipinski definition) is 3. The van der Waals surface area contributed by atoms with Crippen LogP contribution < -0.4 is 0 Å². The predicted molar refractivity (Wildman–Crippen MR) is 89.2 cm³/mol. The van der Waals surface area contributed by atoms with Crippen molar-refractivity contribution in [2.24, 2.45) is 23.7 Å². The minimum absolute atomic E-state index is 0.126. The van der Waals surface area contributed by atoms with Crippen LogP contribution in [0.4, 0.5) is 4.79 Å². The second-order valence-corrected chi connectivity index (χ2v) is 7.69. The number of carbonyl (C=O) groups is 1. The number of rotatable bonds is 3. The van der Waals surface area contributed by atoms with Gasteiger partial charge in [0.05, 0.1) is 6.04 Å². The molecule has 0 N–H and O–H groups in total. The monoisotopic (exact) mass is 325 g/mol. The van der Waals surface area contributed by atoms with Gasteiger partial charge in [0.2, 0.25) is 0 Å². The van der Waals surface area contributed by atoms with E-state index in [4.69, 9.17) is 9.47 Å². The minimum Gasteiger partial charge on any atom is -0.447 e. The third-order valence-electron chi connectivity index (χ3n) is 6.26. The summed E-state index contributed by atoms with van der Waals surface area (Å²) in [7, 11) is 0. The molecular formula is C20H23NO3. The number of hydrogen-bond donors (Lipinski definition) is 0. The molecule has 5 atom stereocenters. The fraction of sp³-hybridized carbons (Fsp3) is 0.550. The van der Waals surface area contributed by atoms with E-state index in [0.717, 1.165) is 32.5 Å². The van der Waals surface area contributed by atoms with E-state index < -0.39 is 0 Å². The Morgan fingerprint density at radius 3 is 2.50 bits per heavy atom. The highest BCUT2D eigenvalue weighted by atomic mass is 16.6. The summed E-state index contributed by atoms with van der Waals surface area (Å²) in [6.45, 7) is 2.27. The van der Waals surface area contributed by atoms with Crippen molar-refractivity contribution in [3.8, 4) is 0 Å². The molecular weight excluding hydrogens is 302 g/mol. The van der Waals surface area contributed by atoms with Gasteiger partial charge in [0.1, 0.15) is 6.61 Å². The summed E-state index contributed by atoms with van der Waals surface area (Å²) in [5.41, 5.74) is 2.50. The highest BCUT2D eigenvalue weighted by Crippen LogP contribution is 2.51. The van der Waals surface area contributed by atoms with Gasteiger partial charge in [0, 0.05) is 18.9 Å². The lowest BCUT2D eigenvalue weighted by atomic mass is 9.61. The summed E-state index contributed by atoms with van der Waals surface area (Å²) >= 11 is 0. The molecule has 4 heteroatoms. The van der Waals surface area contributed by atoms with E-state index in [1.54, 1.807) is 0 Å². The lowest BCUT2D eigenvalue weighted by molar-refractivity contribution is -0.0633. The van der Waals surface area contributed by atoms with E-state index in [-0.39, 0.29) is 12.1 Å². The topological polar surface area (TPSA) is 38.8 Å². The second-order valence-electron chi connectivity index (χ2n) is 7.69. The number of carbonyl (C=O) groups excluding carboxylic acids is 1. The van der Waals surface area contributed by atoms with Crippen LogP contribution in [0, 0.1) is 23.7 Å². The molecule has 126 valence electrons. The third-order valence-corrected chi connectivity index (χ3v) is 6.26. The third kappa shape index (κ3) is 2.27. The van der Waals surface area contributed by atoms with Crippen molar-refractivity contribution in [2.75, 3.05) is 19.8 Å². The number of ether oxygens (including phenoxy) is 2. The molecule has 2 heterocycles. The van der Waals surface area contributed by atoms with Crippen molar-refractivity contribution in [3.63, 3.8) is 0 Å². The van der Waals surface area contributed by atoms with Gasteiger partial charge in [-0.3, -0.25) is 4.90 Å². The van der Waals surface area contributed by atoms with Crippen LogP contribution in [-0.4, -0.2) is 36.9 Å². The largest absolute Gasteiger partial charge is 0.447 e. The van der Waals surface area contributed by atoms with Gasteiger partial charge < -0.3 is 9.47 Å². The van der Waals surface area contributed by atoms with Crippen LogP contribution in [-0.2, 0) is 15.9 Å². The van der Waals surface area contributed by atoms with Gasteiger partial charge in [0.15, 0.2) is 0 Å². The van der Waals surface area contributed by atoms with E-state index in [1.807, 2.05) is 11.0 Å². The maximum Gasteiger partial charge on any atom is 0.414 e. The first-order valence-corrected chi connectivity index (χ1v) is 9.09. The summed E-state index contributed by atoms with van der Waals surface area (Å²) < 4.78 is 11.2.